The smallest absolute Gasteiger partial charge is 0.333 e. The molecule has 2 aromatic heterocycles. The second-order valence-electron chi connectivity index (χ2n) is 5.12. The third kappa shape index (κ3) is 3.31. The number of aliphatic hydroxyl groups is 1. The Morgan fingerprint density at radius 2 is 2.29 bits per heavy atom. The number of aliphatic hydroxyl groups excluding tert-OH is 1. The van der Waals surface area contributed by atoms with Gasteiger partial charge in [-0.3, -0.25) is 4.18 Å². The second-order valence-corrected chi connectivity index (χ2v) is 7.14. The number of ether oxygens (including phenoxy) is 1. The first-order valence-electron chi connectivity index (χ1n) is 6.83. The highest BCUT2D eigenvalue weighted by Gasteiger charge is 2.37. The molecule has 2 aromatic rings. The Morgan fingerprint density at radius 3 is 2.96 bits per heavy atom. The first-order valence-corrected chi connectivity index (χ1v) is 9.53. The van der Waals surface area contributed by atoms with E-state index in [-0.39, 0.29) is 13.0 Å². The Kier molecular flexibility index (Phi) is 4.63. The van der Waals surface area contributed by atoms with Crippen molar-refractivity contribution >= 4 is 38.9 Å². The maximum Gasteiger partial charge on any atom is 0.333 e. The Balaban J connectivity index is 1.88. The van der Waals surface area contributed by atoms with Gasteiger partial charge in [-0.15, -0.1) is 11.8 Å². The zero-order valence-corrected chi connectivity index (χ0v) is 14.2. The number of aromatic nitrogens is 4. The summed E-state index contributed by atoms with van der Waals surface area (Å²) in [5.41, 5.74) is 6.36. The van der Waals surface area contributed by atoms with Gasteiger partial charge in [-0.25, -0.2) is 19.8 Å². The molecule has 5 N–H and O–H groups in total. The molecular weight excluding hydrogens is 360 g/mol. The second kappa shape index (κ2) is 6.42. The van der Waals surface area contributed by atoms with E-state index in [9.17, 15) is 13.5 Å². The van der Waals surface area contributed by atoms with Crippen LogP contribution < -0.4 is 10.9 Å². The van der Waals surface area contributed by atoms with Crippen LogP contribution in [0.15, 0.2) is 11.4 Å². The summed E-state index contributed by atoms with van der Waals surface area (Å²) in [5.74, 6) is 0.295. The summed E-state index contributed by atoms with van der Waals surface area (Å²) in [6.07, 6.45) is 0.898. The molecule has 11 nitrogen and oxygen atoms in total. The lowest BCUT2D eigenvalue weighted by Crippen LogP contribution is -2.30. The first kappa shape index (κ1) is 17.3. The van der Waals surface area contributed by atoms with Crippen LogP contribution in [0.1, 0.15) is 12.6 Å². The minimum absolute atomic E-state index is 0.188. The van der Waals surface area contributed by atoms with E-state index in [2.05, 4.69) is 19.2 Å². The highest BCUT2D eigenvalue weighted by molar-refractivity contribution is 7.98. The van der Waals surface area contributed by atoms with Crippen LogP contribution in [0.2, 0.25) is 0 Å². The number of nitrogen functional groups attached to an aromatic ring is 1. The van der Waals surface area contributed by atoms with Crippen molar-refractivity contribution in [1.29, 1.82) is 0 Å². The van der Waals surface area contributed by atoms with Crippen LogP contribution in [0.3, 0.4) is 0 Å². The molecule has 24 heavy (non-hydrogen) atoms. The van der Waals surface area contributed by atoms with Gasteiger partial charge in [0.1, 0.15) is 23.3 Å². The van der Waals surface area contributed by atoms with Crippen molar-refractivity contribution in [3.8, 4) is 0 Å². The largest absolute Gasteiger partial charge is 0.390 e. The lowest BCUT2D eigenvalue weighted by Gasteiger charge is -2.14. The van der Waals surface area contributed by atoms with Gasteiger partial charge in [-0.2, -0.15) is 13.5 Å². The van der Waals surface area contributed by atoms with Crippen molar-refractivity contribution in [1.82, 2.24) is 19.7 Å². The molecule has 13 heteroatoms. The van der Waals surface area contributed by atoms with E-state index in [0.29, 0.717) is 21.9 Å². The zero-order valence-electron chi connectivity index (χ0n) is 12.6. The quantitative estimate of drug-likeness (QED) is 0.550. The van der Waals surface area contributed by atoms with Crippen LogP contribution in [0.4, 0.5) is 5.82 Å². The summed E-state index contributed by atoms with van der Waals surface area (Å²) >= 11 is 1.38. The van der Waals surface area contributed by atoms with Crippen LogP contribution in [0.5, 0.6) is 0 Å². The standard InChI is InChI=1S/C11H16N6O5S2/c1-23-11-8-9(12)14-4-15-10(8)17(16-11)7-2-5(18)6(22-7)3-21-24(13,19)20/h4-7,18H,2-3H2,1H3,(H2,12,14,15)(H2,13,19,20). The van der Waals surface area contributed by atoms with Gasteiger partial charge in [0.2, 0.25) is 0 Å². The fraction of sp³-hybridized carbons (Fsp3) is 0.545. The maximum absolute atomic E-state index is 10.9. The van der Waals surface area contributed by atoms with Crippen molar-refractivity contribution in [3.63, 3.8) is 0 Å². The summed E-state index contributed by atoms with van der Waals surface area (Å²) in [4.78, 5) is 8.13. The molecule has 1 fully saturated rings. The van der Waals surface area contributed by atoms with E-state index in [1.807, 2.05) is 6.26 Å². The van der Waals surface area contributed by atoms with Gasteiger partial charge in [0, 0.05) is 6.42 Å². The number of thioether (sulfide) groups is 1. The van der Waals surface area contributed by atoms with E-state index in [1.165, 1.54) is 22.8 Å². The molecule has 0 bridgehead atoms. The molecule has 3 rings (SSSR count). The third-order valence-electron chi connectivity index (χ3n) is 3.55. The van der Waals surface area contributed by atoms with Crippen LogP contribution >= 0.6 is 11.8 Å². The van der Waals surface area contributed by atoms with E-state index in [1.54, 1.807) is 0 Å². The maximum atomic E-state index is 10.9. The first-order chi connectivity index (χ1) is 11.3. The van der Waals surface area contributed by atoms with E-state index in [4.69, 9.17) is 15.6 Å². The fourth-order valence-corrected chi connectivity index (χ4v) is 3.38. The molecule has 0 aromatic carbocycles. The molecule has 0 aliphatic carbocycles. The van der Waals surface area contributed by atoms with Crippen molar-refractivity contribution < 1.29 is 22.4 Å². The monoisotopic (exact) mass is 376 g/mol. The third-order valence-corrected chi connectivity index (χ3v) is 4.69. The van der Waals surface area contributed by atoms with E-state index >= 15 is 0 Å². The molecule has 0 saturated carbocycles. The zero-order chi connectivity index (χ0) is 17.5. The highest BCUT2D eigenvalue weighted by Crippen LogP contribution is 2.35. The van der Waals surface area contributed by atoms with Gasteiger partial charge in [0.05, 0.1) is 18.1 Å². The van der Waals surface area contributed by atoms with Crippen molar-refractivity contribution in [3.05, 3.63) is 6.33 Å². The lowest BCUT2D eigenvalue weighted by molar-refractivity contribution is -0.0415. The predicted molar refractivity (Wildman–Crippen MR) is 85.1 cm³/mol. The van der Waals surface area contributed by atoms with Gasteiger partial charge in [-0.1, -0.05) is 0 Å². The number of rotatable bonds is 5. The summed E-state index contributed by atoms with van der Waals surface area (Å²) < 4.78 is 33.4. The summed E-state index contributed by atoms with van der Waals surface area (Å²) in [6, 6.07) is 0. The Hall–Kier alpha value is -1.51. The minimum Gasteiger partial charge on any atom is -0.390 e. The van der Waals surface area contributed by atoms with Gasteiger partial charge < -0.3 is 15.6 Å². The van der Waals surface area contributed by atoms with Crippen LogP contribution in [0.25, 0.3) is 11.0 Å². The SMILES string of the molecule is CSc1nn(C2CC(O)C(COS(N)(=O)=O)O2)c2ncnc(N)c12. The molecule has 1 saturated heterocycles. The molecule has 3 unspecified atom stereocenters. The lowest BCUT2D eigenvalue weighted by atomic mass is 10.2. The average molecular weight is 376 g/mol. The fourth-order valence-electron chi connectivity index (χ4n) is 2.48. The number of anilines is 1. The van der Waals surface area contributed by atoms with Gasteiger partial charge >= 0.3 is 10.3 Å². The van der Waals surface area contributed by atoms with Gasteiger partial charge in [0.15, 0.2) is 11.9 Å². The minimum atomic E-state index is -4.11. The molecular formula is C11H16N6O5S2. The Morgan fingerprint density at radius 1 is 1.54 bits per heavy atom. The summed E-state index contributed by atoms with van der Waals surface area (Å²) in [7, 11) is -4.11. The van der Waals surface area contributed by atoms with E-state index < -0.39 is 28.7 Å². The molecule has 132 valence electrons. The van der Waals surface area contributed by atoms with Crippen molar-refractivity contribution in [2.45, 2.75) is 29.9 Å². The summed E-state index contributed by atoms with van der Waals surface area (Å²) in [5, 5.41) is 20.5. The van der Waals surface area contributed by atoms with Crippen LogP contribution in [-0.4, -0.2) is 58.3 Å². The molecule has 0 radical (unpaired) electrons. The predicted octanol–water partition coefficient (Wildman–Crippen LogP) is -1.00. The number of fused-ring (bicyclic) bond motifs is 1. The average Bonchev–Trinajstić information content (AvgIpc) is 3.06. The van der Waals surface area contributed by atoms with Crippen LogP contribution in [0, 0.1) is 0 Å². The molecule has 1 aliphatic heterocycles. The van der Waals surface area contributed by atoms with Gasteiger partial charge in [0.25, 0.3) is 0 Å². The topological polar surface area (TPSA) is 168 Å². The summed E-state index contributed by atoms with van der Waals surface area (Å²) in [6.45, 7) is -0.387. The molecule has 3 atom stereocenters. The molecule has 1 aliphatic rings. The van der Waals surface area contributed by atoms with E-state index in [0.717, 1.165) is 0 Å². The van der Waals surface area contributed by atoms with Crippen molar-refractivity contribution in [2.75, 3.05) is 18.6 Å². The number of nitrogens with zero attached hydrogens (tertiary/aromatic N) is 4. The number of hydrogen-bond donors (Lipinski definition) is 3. The van der Waals surface area contributed by atoms with Crippen molar-refractivity contribution in [2.24, 2.45) is 5.14 Å². The number of nitrogens with two attached hydrogens (primary N) is 2. The highest BCUT2D eigenvalue weighted by atomic mass is 32.2. The number of hydrogen-bond acceptors (Lipinski definition) is 10. The Labute approximate surface area is 141 Å². The molecule has 0 spiro atoms. The molecule has 0 amide bonds. The normalized spacial score (nSPS) is 24.7. The Bertz CT molecular complexity index is 856. The molecule has 3 heterocycles. The van der Waals surface area contributed by atoms with Gasteiger partial charge in [-0.05, 0) is 6.26 Å². The van der Waals surface area contributed by atoms with Crippen LogP contribution in [-0.2, 0) is 19.2 Å².